The van der Waals surface area contributed by atoms with Crippen molar-refractivity contribution < 1.29 is 14.6 Å². The van der Waals surface area contributed by atoms with Crippen molar-refractivity contribution in [3.8, 4) is 11.8 Å². The number of pyridine rings is 1. The Bertz CT molecular complexity index is 1090. The van der Waals surface area contributed by atoms with Crippen LogP contribution in [-0.2, 0) is 11.2 Å². The maximum absolute atomic E-state index is 13.3. The smallest absolute Gasteiger partial charge is 0.251 e. The van der Waals surface area contributed by atoms with E-state index in [1.807, 2.05) is 44.2 Å². The molecule has 0 radical (unpaired) electrons. The molecule has 2 fully saturated rings. The minimum Gasteiger partial charge on any atom is -0.390 e. The lowest BCUT2D eigenvalue weighted by atomic mass is 9.99. The topological polar surface area (TPSA) is 86.7 Å². The van der Waals surface area contributed by atoms with Crippen LogP contribution in [0.15, 0.2) is 42.5 Å². The molecule has 2 aliphatic rings. The van der Waals surface area contributed by atoms with Crippen molar-refractivity contribution in [1.82, 2.24) is 15.6 Å². The van der Waals surface area contributed by atoms with Crippen LogP contribution in [0.3, 0.4) is 0 Å². The molecule has 2 heterocycles. The average Bonchev–Trinajstić information content (AvgIpc) is 3.71. The van der Waals surface area contributed by atoms with Crippen LogP contribution in [-0.4, -0.2) is 66.5 Å². The standard InChI is InChI=1S/C28H35ClN4O3/c1-28(2,11-10-20-8-9-20)30-19-24(34)23(16-21-6-4-3-5-7-21)31-27(35)22-17-25(29)32-26(18-22)33-12-14-36-15-13-33/h3-7,17-18,20,23-24,30,34H,8-9,12-16,19H2,1-2H3,(H,31,35)/t23-,24+/m0/s1. The second-order valence-corrected chi connectivity index (χ2v) is 10.4. The van der Waals surface area contributed by atoms with E-state index in [2.05, 4.69) is 32.4 Å². The van der Waals surface area contributed by atoms with Crippen molar-refractivity contribution in [2.24, 2.45) is 5.92 Å². The van der Waals surface area contributed by atoms with Crippen LogP contribution in [0.2, 0.25) is 5.15 Å². The van der Waals surface area contributed by atoms with Gasteiger partial charge in [-0.1, -0.05) is 53.8 Å². The molecule has 1 aliphatic heterocycles. The SMILES string of the molecule is CC(C)(C#CC1CC1)NC[C@@H](O)[C@H](Cc1ccccc1)NC(=O)c1cc(Cl)nc(N2CCOCC2)c1. The van der Waals surface area contributed by atoms with Gasteiger partial charge in [-0.15, -0.1) is 0 Å². The molecular formula is C28H35ClN4O3. The fraction of sp³-hybridized carbons (Fsp3) is 0.500. The van der Waals surface area contributed by atoms with Crippen molar-refractivity contribution in [3.05, 3.63) is 58.7 Å². The number of carbonyl (C=O) groups is 1. The summed E-state index contributed by atoms with van der Waals surface area (Å²) in [7, 11) is 0. The third-order valence-corrected chi connectivity index (χ3v) is 6.57. The second kappa shape index (κ2) is 12.1. The van der Waals surface area contributed by atoms with Crippen molar-refractivity contribution >= 4 is 23.3 Å². The Morgan fingerprint density at radius 3 is 2.67 bits per heavy atom. The van der Waals surface area contributed by atoms with Gasteiger partial charge in [-0.05, 0) is 50.8 Å². The lowest BCUT2D eigenvalue weighted by Crippen LogP contribution is -2.52. The molecule has 1 amide bonds. The Morgan fingerprint density at radius 1 is 1.25 bits per heavy atom. The number of morpholine rings is 1. The average molecular weight is 511 g/mol. The first-order chi connectivity index (χ1) is 17.3. The second-order valence-electron chi connectivity index (χ2n) is 10.0. The highest BCUT2D eigenvalue weighted by Gasteiger charge is 2.26. The maximum Gasteiger partial charge on any atom is 0.251 e. The van der Waals surface area contributed by atoms with Gasteiger partial charge in [0.25, 0.3) is 5.91 Å². The highest BCUT2D eigenvalue weighted by atomic mass is 35.5. The Labute approximate surface area is 218 Å². The zero-order valence-corrected chi connectivity index (χ0v) is 21.7. The number of benzene rings is 1. The quantitative estimate of drug-likeness (QED) is 0.355. The van der Waals surface area contributed by atoms with Gasteiger partial charge in [-0.2, -0.15) is 0 Å². The summed E-state index contributed by atoms with van der Waals surface area (Å²) in [5.74, 6) is 7.42. The van der Waals surface area contributed by atoms with E-state index in [0.717, 1.165) is 5.56 Å². The molecule has 3 N–H and O–H groups in total. The molecule has 7 nitrogen and oxygen atoms in total. The van der Waals surface area contributed by atoms with Crippen LogP contribution in [0.1, 0.15) is 42.6 Å². The summed E-state index contributed by atoms with van der Waals surface area (Å²) in [4.78, 5) is 19.8. The molecule has 2 atom stereocenters. The molecule has 4 rings (SSSR count). The predicted molar refractivity (Wildman–Crippen MR) is 142 cm³/mol. The third-order valence-electron chi connectivity index (χ3n) is 6.38. The summed E-state index contributed by atoms with van der Waals surface area (Å²) in [6, 6.07) is 12.6. The van der Waals surface area contributed by atoms with Crippen LogP contribution in [0.4, 0.5) is 5.82 Å². The van der Waals surface area contributed by atoms with Crippen LogP contribution < -0.4 is 15.5 Å². The monoisotopic (exact) mass is 510 g/mol. The molecule has 0 unspecified atom stereocenters. The molecule has 1 aromatic carbocycles. The fourth-order valence-electron chi connectivity index (χ4n) is 4.03. The number of aromatic nitrogens is 1. The predicted octanol–water partition coefficient (Wildman–Crippen LogP) is 3.06. The number of ether oxygens (including phenoxy) is 1. The number of aliphatic hydroxyl groups excluding tert-OH is 1. The largest absolute Gasteiger partial charge is 0.390 e. The number of nitrogens with one attached hydrogen (secondary N) is 2. The molecule has 36 heavy (non-hydrogen) atoms. The van der Waals surface area contributed by atoms with Crippen LogP contribution >= 0.6 is 11.6 Å². The summed E-state index contributed by atoms with van der Waals surface area (Å²) in [5.41, 5.74) is 0.998. The van der Waals surface area contributed by atoms with Gasteiger partial charge in [0, 0.05) is 31.1 Å². The Balaban J connectivity index is 1.47. The van der Waals surface area contributed by atoms with Gasteiger partial charge < -0.3 is 20.1 Å². The lowest BCUT2D eigenvalue weighted by molar-refractivity contribution is 0.0821. The van der Waals surface area contributed by atoms with Gasteiger partial charge in [0.05, 0.1) is 30.9 Å². The zero-order chi connectivity index (χ0) is 25.5. The Hall–Kier alpha value is -2.63. The first kappa shape index (κ1) is 26.4. The number of nitrogens with zero attached hydrogens (tertiary/aromatic N) is 2. The first-order valence-electron chi connectivity index (χ1n) is 12.6. The summed E-state index contributed by atoms with van der Waals surface area (Å²) < 4.78 is 5.42. The molecule has 1 saturated heterocycles. The van der Waals surface area contributed by atoms with E-state index in [-0.39, 0.29) is 11.1 Å². The summed E-state index contributed by atoms with van der Waals surface area (Å²) in [6.45, 7) is 6.90. The molecule has 2 aromatic rings. The molecule has 8 heteroatoms. The Kier molecular flexibility index (Phi) is 8.86. The van der Waals surface area contributed by atoms with Crippen molar-refractivity contribution in [1.29, 1.82) is 0 Å². The molecule has 0 spiro atoms. The molecule has 0 bridgehead atoms. The minimum atomic E-state index is -0.827. The van der Waals surface area contributed by atoms with Gasteiger partial charge in [0.15, 0.2) is 0 Å². The van der Waals surface area contributed by atoms with Gasteiger partial charge >= 0.3 is 0 Å². The lowest BCUT2D eigenvalue weighted by Gasteiger charge is -2.29. The number of carbonyl (C=O) groups excluding carboxylic acids is 1. The minimum absolute atomic E-state index is 0.252. The van der Waals surface area contributed by atoms with Crippen LogP contribution in [0.5, 0.6) is 0 Å². The summed E-state index contributed by atoms with van der Waals surface area (Å²) in [5, 5.41) is 17.8. The number of β-amino-alcohol motifs (C(OH)–C–C–N with tert-alkyl or cyclic N) is 1. The van der Waals surface area contributed by atoms with E-state index in [0.29, 0.717) is 56.6 Å². The van der Waals surface area contributed by atoms with Crippen LogP contribution in [0, 0.1) is 17.8 Å². The molecular weight excluding hydrogens is 476 g/mol. The summed E-state index contributed by atoms with van der Waals surface area (Å²) >= 11 is 6.28. The van der Waals surface area contributed by atoms with Crippen molar-refractivity contribution in [3.63, 3.8) is 0 Å². The molecule has 192 valence electrons. The van der Waals surface area contributed by atoms with Gasteiger partial charge in [-0.25, -0.2) is 4.98 Å². The third kappa shape index (κ3) is 7.94. The van der Waals surface area contributed by atoms with Crippen molar-refractivity contribution in [2.45, 2.75) is 50.8 Å². The number of amides is 1. The fourth-order valence-corrected chi connectivity index (χ4v) is 4.23. The van der Waals surface area contributed by atoms with Crippen molar-refractivity contribution in [2.75, 3.05) is 37.7 Å². The number of rotatable bonds is 9. The normalized spacial score (nSPS) is 17.6. The molecule has 1 aliphatic carbocycles. The molecule has 1 saturated carbocycles. The number of anilines is 1. The van der Waals surface area contributed by atoms with E-state index < -0.39 is 17.7 Å². The van der Waals surface area contributed by atoms with Crippen LogP contribution in [0.25, 0.3) is 0 Å². The van der Waals surface area contributed by atoms with Gasteiger partial charge in [0.2, 0.25) is 0 Å². The number of aliphatic hydroxyl groups is 1. The zero-order valence-electron chi connectivity index (χ0n) is 21.0. The highest BCUT2D eigenvalue weighted by molar-refractivity contribution is 6.29. The number of halogens is 1. The van der Waals surface area contributed by atoms with Gasteiger partial charge in [-0.3, -0.25) is 10.1 Å². The van der Waals surface area contributed by atoms with E-state index in [4.69, 9.17) is 16.3 Å². The van der Waals surface area contributed by atoms with E-state index in [1.54, 1.807) is 12.1 Å². The van der Waals surface area contributed by atoms with Gasteiger partial charge in [0.1, 0.15) is 11.0 Å². The molecule has 1 aromatic heterocycles. The maximum atomic E-state index is 13.3. The Morgan fingerprint density at radius 2 is 1.97 bits per heavy atom. The summed E-state index contributed by atoms with van der Waals surface area (Å²) in [6.07, 6.45) is 2.00. The number of hydrogen-bond donors (Lipinski definition) is 3. The number of hydrogen-bond acceptors (Lipinski definition) is 6. The first-order valence-corrected chi connectivity index (χ1v) is 13.0. The van der Waals surface area contributed by atoms with E-state index >= 15 is 0 Å². The van der Waals surface area contributed by atoms with E-state index in [9.17, 15) is 9.90 Å². The highest BCUT2D eigenvalue weighted by Crippen LogP contribution is 2.27. The van der Waals surface area contributed by atoms with E-state index in [1.165, 1.54) is 12.8 Å².